The van der Waals surface area contributed by atoms with Crippen LogP contribution in [0.4, 0.5) is 16.2 Å². The molecule has 9 nitrogen and oxygen atoms in total. The summed E-state index contributed by atoms with van der Waals surface area (Å²) in [5.74, 6) is -0.174. The summed E-state index contributed by atoms with van der Waals surface area (Å²) in [4.78, 5) is 36.8. The summed E-state index contributed by atoms with van der Waals surface area (Å²) in [5, 5.41) is 8.11. The highest BCUT2D eigenvalue weighted by atomic mass is 16.2. The molecule has 1 fully saturated rings. The summed E-state index contributed by atoms with van der Waals surface area (Å²) in [5.41, 5.74) is 4.11. The number of rotatable bonds is 6. The molecule has 0 saturated carbocycles. The first kappa shape index (κ1) is 21.5. The summed E-state index contributed by atoms with van der Waals surface area (Å²) in [6.07, 6.45) is 3.48. The molecule has 160 valence electrons. The Morgan fingerprint density at radius 2 is 1.90 bits per heavy atom. The van der Waals surface area contributed by atoms with Crippen molar-refractivity contribution >= 4 is 23.3 Å². The van der Waals surface area contributed by atoms with Gasteiger partial charge in [-0.25, -0.2) is 9.78 Å². The van der Waals surface area contributed by atoms with Crippen molar-refractivity contribution in [2.45, 2.75) is 20.4 Å². The van der Waals surface area contributed by atoms with Gasteiger partial charge in [0, 0.05) is 52.5 Å². The third-order valence-electron chi connectivity index (χ3n) is 5.03. The summed E-state index contributed by atoms with van der Waals surface area (Å²) >= 11 is 0. The van der Waals surface area contributed by atoms with Crippen molar-refractivity contribution in [1.29, 1.82) is 0 Å². The maximum atomic E-state index is 11.8. The van der Waals surface area contributed by atoms with E-state index < -0.39 is 0 Å². The topological polar surface area (TPSA) is 102 Å². The first-order chi connectivity index (χ1) is 14.5. The zero-order valence-corrected chi connectivity index (χ0v) is 17.7. The number of carbonyl (C=O) groups is 2. The average Bonchev–Trinajstić information content (AvgIpc) is 2.74. The molecular formula is C21H29N7O2. The minimum atomic E-state index is -0.225. The molecule has 3 rings (SSSR count). The molecule has 1 saturated heterocycles. The van der Waals surface area contributed by atoms with E-state index in [9.17, 15) is 9.59 Å². The minimum Gasteiger partial charge on any atom is -0.368 e. The number of carbonyl (C=O) groups excluding carboxylic acids is 2. The molecule has 0 spiro atoms. The molecular weight excluding hydrogens is 382 g/mol. The van der Waals surface area contributed by atoms with Crippen molar-refractivity contribution in [1.82, 2.24) is 25.5 Å². The smallest absolute Gasteiger partial charge is 0.319 e. The lowest BCUT2D eigenvalue weighted by atomic mass is 10.2. The van der Waals surface area contributed by atoms with Gasteiger partial charge in [0.15, 0.2) is 0 Å². The standard InChI is InChI=1S/C21H29N7O2/c1-4-24-21(30)26-17-11-16(12-23-13-17)14-27-7-9-28(10-8-27)19-6-5-18(20(29)22-3)25-15(19)2/h5-6,11-13H,4,7-10,14H2,1-3H3,(H,22,29)(H2,24,26,30). The van der Waals surface area contributed by atoms with E-state index in [1.807, 2.05) is 32.2 Å². The zero-order valence-electron chi connectivity index (χ0n) is 17.7. The first-order valence-corrected chi connectivity index (χ1v) is 10.2. The van der Waals surface area contributed by atoms with Gasteiger partial charge in [-0.3, -0.25) is 14.7 Å². The van der Waals surface area contributed by atoms with Gasteiger partial charge < -0.3 is 20.9 Å². The molecule has 9 heteroatoms. The second-order valence-corrected chi connectivity index (χ2v) is 7.21. The number of urea groups is 1. The van der Waals surface area contributed by atoms with Crippen LogP contribution in [0.5, 0.6) is 0 Å². The molecule has 0 bridgehead atoms. The second-order valence-electron chi connectivity index (χ2n) is 7.21. The van der Waals surface area contributed by atoms with Gasteiger partial charge in [-0.15, -0.1) is 0 Å². The normalized spacial score (nSPS) is 14.3. The van der Waals surface area contributed by atoms with Crippen molar-refractivity contribution in [2.24, 2.45) is 0 Å². The molecule has 30 heavy (non-hydrogen) atoms. The lowest BCUT2D eigenvalue weighted by Crippen LogP contribution is -2.46. The Hall–Kier alpha value is -3.20. The predicted octanol–water partition coefficient (Wildman–Crippen LogP) is 1.61. The van der Waals surface area contributed by atoms with Crippen LogP contribution < -0.4 is 20.9 Å². The predicted molar refractivity (Wildman–Crippen MR) is 117 cm³/mol. The van der Waals surface area contributed by atoms with Gasteiger partial charge in [0.25, 0.3) is 5.91 Å². The van der Waals surface area contributed by atoms with Crippen LogP contribution in [0.1, 0.15) is 28.7 Å². The lowest BCUT2D eigenvalue weighted by Gasteiger charge is -2.36. The molecule has 1 aliphatic rings. The number of anilines is 2. The van der Waals surface area contributed by atoms with Crippen molar-refractivity contribution in [2.75, 3.05) is 50.0 Å². The Balaban J connectivity index is 1.56. The van der Waals surface area contributed by atoms with E-state index >= 15 is 0 Å². The van der Waals surface area contributed by atoms with Crippen molar-refractivity contribution in [3.63, 3.8) is 0 Å². The number of aromatic nitrogens is 2. The highest BCUT2D eigenvalue weighted by Gasteiger charge is 2.20. The van der Waals surface area contributed by atoms with E-state index in [4.69, 9.17) is 0 Å². The molecule has 0 aromatic carbocycles. The third-order valence-corrected chi connectivity index (χ3v) is 5.03. The minimum absolute atomic E-state index is 0.174. The molecule has 2 aromatic heterocycles. The van der Waals surface area contributed by atoms with Crippen LogP contribution in [0.25, 0.3) is 0 Å². The molecule has 0 unspecified atom stereocenters. The van der Waals surface area contributed by atoms with Gasteiger partial charge in [-0.2, -0.15) is 0 Å². The Morgan fingerprint density at radius 1 is 1.13 bits per heavy atom. The molecule has 3 heterocycles. The molecule has 1 aliphatic heterocycles. The van der Waals surface area contributed by atoms with Gasteiger partial charge in [-0.05, 0) is 37.6 Å². The highest BCUT2D eigenvalue weighted by molar-refractivity contribution is 5.92. The fourth-order valence-corrected chi connectivity index (χ4v) is 3.53. The van der Waals surface area contributed by atoms with Crippen molar-refractivity contribution < 1.29 is 9.59 Å². The largest absolute Gasteiger partial charge is 0.368 e. The average molecular weight is 412 g/mol. The maximum Gasteiger partial charge on any atom is 0.319 e. The van der Waals surface area contributed by atoms with E-state index in [-0.39, 0.29) is 11.9 Å². The van der Waals surface area contributed by atoms with Gasteiger partial charge >= 0.3 is 6.03 Å². The van der Waals surface area contributed by atoms with Crippen LogP contribution in [0, 0.1) is 6.92 Å². The van der Waals surface area contributed by atoms with Crippen molar-refractivity contribution in [3.8, 4) is 0 Å². The number of amides is 3. The first-order valence-electron chi connectivity index (χ1n) is 10.2. The van der Waals surface area contributed by atoms with Crippen LogP contribution in [0.2, 0.25) is 0 Å². The molecule has 0 atom stereocenters. The van der Waals surface area contributed by atoms with E-state index in [0.29, 0.717) is 17.9 Å². The molecule has 0 radical (unpaired) electrons. The Labute approximate surface area is 176 Å². The summed E-state index contributed by atoms with van der Waals surface area (Å²) in [6, 6.07) is 5.48. The Kier molecular flexibility index (Phi) is 7.18. The fourth-order valence-electron chi connectivity index (χ4n) is 3.53. The molecule has 2 aromatic rings. The number of hydrogen-bond donors (Lipinski definition) is 3. The number of hydrogen-bond acceptors (Lipinski definition) is 6. The highest BCUT2D eigenvalue weighted by Crippen LogP contribution is 2.21. The van der Waals surface area contributed by atoms with Gasteiger partial charge in [0.2, 0.25) is 0 Å². The van der Waals surface area contributed by atoms with Crippen LogP contribution in [-0.2, 0) is 6.54 Å². The third kappa shape index (κ3) is 5.44. The molecule has 3 amide bonds. The molecule has 0 aliphatic carbocycles. The lowest BCUT2D eigenvalue weighted by molar-refractivity contribution is 0.0958. The quantitative estimate of drug-likeness (QED) is 0.667. The van der Waals surface area contributed by atoms with Gasteiger partial charge in [-0.1, -0.05) is 0 Å². The summed E-state index contributed by atoms with van der Waals surface area (Å²) < 4.78 is 0. The maximum absolute atomic E-state index is 11.8. The monoisotopic (exact) mass is 411 g/mol. The van der Waals surface area contributed by atoms with Crippen LogP contribution in [0.15, 0.2) is 30.6 Å². The van der Waals surface area contributed by atoms with Crippen molar-refractivity contribution in [3.05, 3.63) is 47.5 Å². The summed E-state index contributed by atoms with van der Waals surface area (Å²) in [7, 11) is 1.60. The zero-order chi connectivity index (χ0) is 21.5. The number of piperazine rings is 1. The number of aryl methyl sites for hydroxylation is 1. The fraction of sp³-hybridized carbons (Fsp3) is 0.429. The van der Waals surface area contributed by atoms with Crippen LogP contribution in [-0.4, -0.2) is 66.6 Å². The van der Waals surface area contributed by atoms with E-state index in [1.54, 1.807) is 19.3 Å². The Bertz CT molecular complexity index is 895. The van der Waals surface area contributed by atoms with E-state index in [0.717, 1.165) is 49.7 Å². The van der Waals surface area contributed by atoms with Crippen LogP contribution in [0.3, 0.4) is 0 Å². The number of pyridine rings is 2. The van der Waals surface area contributed by atoms with Gasteiger partial charge in [0.1, 0.15) is 5.69 Å². The number of nitrogens with one attached hydrogen (secondary N) is 3. The SMILES string of the molecule is CCNC(=O)Nc1cncc(CN2CCN(c3ccc(C(=O)NC)nc3C)CC2)c1. The second kappa shape index (κ2) is 10.0. The van der Waals surface area contributed by atoms with Crippen LogP contribution >= 0.6 is 0 Å². The van der Waals surface area contributed by atoms with E-state index in [1.165, 1.54) is 0 Å². The summed E-state index contributed by atoms with van der Waals surface area (Å²) in [6.45, 7) is 8.74. The van der Waals surface area contributed by atoms with E-state index in [2.05, 4.69) is 35.7 Å². The molecule has 3 N–H and O–H groups in total. The Morgan fingerprint density at radius 3 is 2.57 bits per heavy atom. The number of nitrogens with zero attached hydrogens (tertiary/aromatic N) is 4. The van der Waals surface area contributed by atoms with Gasteiger partial charge in [0.05, 0.1) is 23.3 Å².